The minimum atomic E-state index is -0.370. The van der Waals surface area contributed by atoms with Gasteiger partial charge in [0.2, 0.25) is 0 Å². The van der Waals surface area contributed by atoms with Crippen molar-refractivity contribution < 1.29 is 23.8 Å². The molecule has 126 valence electrons. The number of carbonyl (C=O) groups excluding carboxylic acids is 2. The number of aldehydes is 1. The Morgan fingerprint density at radius 3 is 2.50 bits per heavy atom. The molecule has 0 aromatic heterocycles. The molecule has 0 spiro atoms. The molecule has 1 N–H and O–H groups in total. The number of amides is 1. The summed E-state index contributed by atoms with van der Waals surface area (Å²) in [6.45, 7) is -0.255. The van der Waals surface area contributed by atoms with E-state index in [1.807, 2.05) is 0 Å². The number of rotatable bonds is 7. The largest absolute Gasteiger partial charge is 0.495 e. The molecule has 0 atom stereocenters. The van der Waals surface area contributed by atoms with Gasteiger partial charge >= 0.3 is 0 Å². The standard InChI is InChI=1S/C17H16BrNO5/c1-22-13-6-4-3-5-12(13)19-15(21)10-24-17-14(23-2)8-7-11(9-20)16(17)18/h3-9H,10H2,1-2H3,(H,19,21). The molecular formula is C17H16BrNO5. The van der Waals surface area contributed by atoms with Crippen molar-refractivity contribution in [3.63, 3.8) is 0 Å². The highest BCUT2D eigenvalue weighted by Gasteiger charge is 2.15. The Kier molecular flexibility index (Phi) is 6.20. The first-order valence-corrected chi connectivity index (χ1v) is 7.77. The van der Waals surface area contributed by atoms with Crippen LogP contribution in [-0.4, -0.2) is 33.0 Å². The van der Waals surface area contributed by atoms with Crippen LogP contribution in [0.5, 0.6) is 17.2 Å². The summed E-state index contributed by atoms with van der Waals surface area (Å²) in [5.74, 6) is 0.882. The van der Waals surface area contributed by atoms with Gasteiger partial charge in [0.05, 0.1) is 24.4 Å². The summed E-state index contributed by atoms with van der Waals surface area (Å²) < 4.78 is 16.3. The number of para-hydroxylation sites is 2. The van der Waals surface area contributed by atoms with E-state index in [-0.39, 0.29) is 18.3 Å². The average molecular weight is 394 g/mol. The second kappa shape index (κ2) is 8.35. The van der Waals surface area contributed by atoms with Crippen LogP contribution in [-0.2, 0) is 4.79 Å². The van der Waals surface area contributed by atoms with Crippen molar-refractivity contribution in [1.82, 2.24) is 0 Å². The lowest BCUT2D eigenvalue weighted by atomic mass is 10.2. The Bertz CT molecular complexity index is 748. The van der Waals surface area contributed by atoms with E-state index in [9.17, 15) is 9.59 Å². The van der Waals surface area contributed by atoms with E-state index >= 15 is 0 Å². The van der Waals surface area contributed by atoms with Crippen LogP contribution >= 0.6 is 15.9 Å². The van der Waals surface area contributed by atoms with Crippen molar-refractivity contribution in [3.8, 4) is 17.2 Å². The molecule has 0 aliphatic rings. The van der Waals surface area contributed by atoms with Gasteiger partial charge in [-0.05, 0) is 40.2 Å². The van der Waals surface area contributed by atoms with E-state index in [0.717, 1.165) is 0 Å². The van der Waals surface area contributed by atoms with Gasteiger partial charge in [0, 0.05) is 5.56 Å². The normalized spacial score (nSPS) is 9.96. The van der Waals surface area contributed by atoms with Crippen molar-refractivity contribution in [2.45, 2.75) is 0 Å². The first-order chi connectivity index (χ1) is 11.6. The highest BCUT2D eigenvalue weighted by Crippen LogP contribution is 2.37. The number of benzene rings is 2. The third kappa shape index (κ3) is 4.05. The number of methoxy groups -OCH3 is 2. The number of anilines is 1. The summed E-state index contributed by atoms with van der Waals surface area (Å²) in [5, 5.41) is 2.70. The van der Waals surface area contributed by atoms with Gasteiger partial charge < -0.3 is 19.5 Å². The number of carbonyl (C=O) groups is 2. The highest BCUT2D eigenvalue weighted by atomic mass is 79.9. The van der Waals surface area contributed by atoms with Crippen LogP contribution in [0.15, 0.2) is 40.9 Å². The molecule has 7 heteroatoms. The molecule has 0 radical (unpaired) electrons. The smallest absolute Gasteiger partial charge is 0.262 e. The van der Waals surface area contributed by atoms with Crippen LogP contribution < -0.4 is 19.5 Å². The lowest BCUT2D eigenvalue weighted by molar-refractivity contribution is -0.118. The molecule has 0 fully saturated rings. The van der Waals surface area contributed by atoms with E-state index in [1.165, 1.54) is 14.2 Å². The predicted molar refractivity (Wildman–Crippen MR) is 93.2 cm³/mol. The SMILES string of the molecule is COc1ccccc1NC(=O)COc1c(OC)ccc(C=O)c1Br. The summed E-state index contributed by atoms with van der Waals surface area (Å²) in [6, 6.07) is 10.2. The Labute approximate surface area is 147 Å². The van der Waals surface area contributed by atoms with Crippen LogP contribution in [0.1, 0.15) is 10.4 Å². The molecule has 2 aromatic rings. The maximum atomic E-state index is 12.1. The fraction of sp³-hybridized carbons (Fsp3) is 0.176. The van der Waals surface area contributed by atoms with E-state index in [1.54, 1.807) is 36.4 Å². The molecule has 2 rings (SSSR count). The predicted octanol–water partition coefficient (Wildman–Crippen LogP) is 3.30. The van der Waals surface area contributed by atoms with Crippen molar-refractivity contribution in [2.24, 2.45) is 0 Å². The first kappa shape index (κ1) is 17.8. The Balaban J connectivity index is 2.10. The molecular weight excluding hydrogens is 378 g/mol. The molecule has 1 amide bonds. The van der Waals surface area contributed by atoms with Crippen LogP contribution in [0.3, 0.4) is 0 Å². The lowest BCUT2D eigenvalue weighted by Crippen LogP contribution is -2.21. The number of ether oxygens (including phenoxy) is 3. The molecule has 6 nitrogen and oxygen atoms in total. The molecule has 2 aromatic carbocycles. The zero-order valence-electron chi connectivity index (χ0n) is 13.2. The molecule has 0 saturated carbocycles. The van der Waals surface area contributed by atoms with Crippen molar-refractivity contribution in [1.29, 1.82) is 0 Å². The van der Waals surface area contributed by atoms with Gasteiger partial charge in [0.15, 0.2) is 24.4 Å². The van der Waals surface area contributed by atoms with Crippen molar-refractivity contribution in [2.75, 3.05) is 26.1 Å². The maximum absolute atomic E-state index is 12.1. The molecule has 24 heavy (non-hydrogen) atoms. The molecule has 0 unspecified atom stereocenters. The van der Waals surface area contributed by atoms with Gasteiger partial charge in [-0.1, -0.05) is 12.1 Å². The number of hydrogen-bond donors (Lipinski definition) is 1. The first-order valence-electron chi connectivity index (χ1n) is 6.98. The summed E-state index contributed by atoms with van der Waals surface area (Å²) in [5.41, 5.74) is 0.942. The fourth-order valence-electron chi connectivity index (χ4n) is 2.01. The van der Waals surface area contributed by atoms with Crippen LogP contribution in [0.25, 0.3) is 0 Å². The van der Waals surface area contributed by atoms with E-state index in [4.69, 9.17) is 14.2 Å². The van der Waals surface area contributed by atoms with Gasteiger partial charge in [-0.25, -0.2) is 0 Å². The topological polar surface area (TPSA) is 73.9 Å². The summed E-state index contributed by atoms with van der Waals surface area (Å²) >= 11 is 3.28. The number of nitrogens with one attached hydrogen (secondary N) is 1. The summed E-state index contributed by atoms with van der Waals surface area (Å²) in [6.07, 6.45) is 0.686. The zero-order valence-corrected chi connectivity index (χ0v) is 14.8. The Hall–Kier alpha value is -2.54. The summed E-state index contributed by atoms with van der Waals surface area (Å²) in [4.78, 5) is 23.1. The molecule has 0 aliphatic carbocycles. The molecule has 0 heterocycles. The number of hydrogen-bond acceptors (Lipinski definition) is 5. The second-order valence-corrected chi connectivity index (χ2v) is 5.45. The average Bonchev–Trinajstić information content (AvgIpc) is 2.60. The van der Waals surface area contributed by atoms with E-state index < -0.39 is 0 Å². The maximum Gasteiger partial charge on any atom is 0.262 e. The quantitative estimate of drug-likeness (QED) is 0.730. The molecule has 0 saturated heterocycles. The van der Waals surface area contributed by atoms with Gasteiger partial charge in [0.25, 0.3) is 5.91 Å². The van der Waals surface area contributed by atoms with Gasteiger partial charge in [-0.2, -0.15) is 0 Å². The Morgan fingerprint density at radius 1 is 1.12 bits per heavy atom. The second-order valence-electron chi connectivity index (χ2n) is 4.66. The third-order valence-corrected chi connectivity index (χ3v) is 3.98. The minimum Gasteiger partial charge on any atom is -0.495 e. The summed E-state index contributed by atoms with van der Waals surface area (Å²) in [7, 11) is 3.00. The van der Waals surface area contributed by atoms with Gasteiger partial charge in [-0.3, -0.25) is 9.59 Å². The van der Waals surface area contributed by atoms with Crippen LogP contribution in [0, 0.1) is 0 Å². The van der Waals surface area contributed by atoms with Crippen molar-refractivity contribution in [3.05, 3.63) is 46.4 Å². The minimum absolute atomic E-state index is 0.255. The van der Waals surface area contributed by atoms with Gasteiger partial charge in [-0.15, -0.1) is 0 Å². The monoisotopic (exact) mass is 393 g/mol. The number of halogens is 1. The van der Waals surface area contributed by atoms with Crippen LogP contribution in [0.2, 0.25) is 0 Å². The van der Waals surface area contributed by atoms with E-state index in [0.29, 0.717) is 33.5 Å². The highest BCUT2D eigenvalue weighted by molar-refractivity contribution is 9.10. The molecule has 0 bridgehead atoms. The van der Waals surface area contributed by atoms with Gasteiger partial charge in [0.1, 0.15) is 5.75 Å². The third-order valence-electron chi connectivity index (χ3n) is 3.17. The Morgan fingerprint density at radius 2 is 1.83 bits per heavy atom. The molecule has 0 aliphatic heterocycles. The van der Waals surface area contributed by atoms with Crippen molar-refractivity contribution >= 4 is 33.8 Å². The van der Waals surface area contributed by atoms with E-state index in [2.05, 4.69) is 21.2 Å². The van der Waals surface area contributed by atoms with Crippen LogP contribution in [0.4, 0.5) is 5.69 Å². The zero-order chi connectivity index (χ0) is 17.5. The fourth-order valence-corrected chi connectivity index (χ4v) is 2.55. The lowest BCUT2D eigenvalue weighted by Gasteiger charge is -2.14.